The second-order valence-electron chi connectivity index (χ2n) is 6.97. The highest BCUT2D eigenvalue weighted by molar-refractivity contribution is 5.90. The fourth-order valence-corrected chi connectivity index (χ4v) is 3.54. The first kappa shape index (κ1) is 16.9. The number of nitrogens with zero attached hydrogens (tertiary/aromatic N) is 3. The van der Waals surface area contributed by atoms with Crippen LogP contribution in [0.2, 0.25) is 0 Å². The fraction of sp³-hybridized carbons (Fsp3) is 0.350. The summed E-state index contributed by atoms with van der Waals surface area (Å²) in [7, 11) is 0. The molecule has 1 unspecified atom stereocenters. The van der Waals surface area contributed by atoms with E-state index in [4.69, 9.17) is 9.47 Å². The number of ether oxygens (including phenoxy) is 2. The van der Waals surface area contributed by atoms with E-state index in [2.05, 4.69) is 34.3 Å². The zero-order valence-corrected chi connectivity index (χ0v) is 14.7. The predicted octanol–water partition coefficient (Wildman–Crippen LogP) is 2.79. The van der Waals surface area contributed by atoms with Crippen molar-refractivity contribution in [3.8, 4) is 0 Å². The maximum absolute atomic E-state index is 13.4. The maximum atomic E-state index is 13.4. The molecule has 6 heteroatoms. The largest absolute Gasteiger partial charge is 0.354 e. The Labute approximate surface area is 151 Å². The van der Waals surface area contributed by atoms with Gasteiger partial charge in [-0.05, 0) is 23.3 Å². The van der Waals surface area contributed by atoms with Crippen LogP contribution in [0.15, 0.2) is 55.1 Å². The third-order valence-corrected chi connectivity index (χ3v) is 4.95. The van der Waals surface area contributed by atoms with E-state index in [1.165, 1.54) is 6.33 Å². The standard InChI is InChI=1S/C20H21N3O3/c1-20(10-25-14-26-11-20)19(24)18(23-13-21-12-22-23)9-16-7-4-6-15-5-2-3-8-17(15)16/h2-8,12-13,18H,9-11,14H2,1H3. The molecule has 0 N–H and O–H groups in total. The number of aromatic nitrogens is 3. The van der Waals surface area contributed by atoms with E-state index in [1.807, 2.05) is 25.1 Å². The summed E-state index contributed by atoms with van der Waals surface area (Å²) in [5.41, 5.74) is 0.414. The Kier molecular flexibility index (Phi) is 4.53. The van der Waals surface area contributed by atoms with Gasteiger partial charge >= 0.3 is 0 Å². The van der Waals surface area contributed by atoms with Crippen molar-refractivity contribution in [1.82, 2.24) is 14.8 Å². The van der Waals surface area contributed by atoms with E-state index in [-0.39, 0.29) is 12.6 Å². The van der Waals surface area contributed by atoms with Gasteiger partial charge in [0.05, 0.1) is 18.6 Å². The second kappa shape index (κ2) is 6.97. The maximum Gasteiger partial charge on any atom is 0.168 e. The molecule has 0 spiro atoms. The van der Waals surface area contributed by atoms with Crippen LogP contribution in [0.25, 0.3) is 10.8 Å². The first-order valence-electron chi connectivity index (χ1n) is 8.68. The number of hydrogen-bond acceptors (Lipinski definition) is 5. The number of fused-ring (bicyclic) bond motifs is 1. The summed E-state index contributed by atoms with van der Waals surface area (Å²) in [6.45, 7) is 2.83. The minimum Gasteiger partial charge on any atom is -0.354 e. The highest BCUT2D eigenvalue weighted by atomic mass is 16.7. The van der Waals surface area contributed by atoms with E-state index in [1.54, 1.807) is 11.0 Å². The molecule has 4 rings (SSSR count). The molecule has 2 heterocycles. The van der Waals surface area contributed by atoms with Crippen LogP contribution in [0, 0.1) is 5.41 Å². The molecule has 6 nitrogen and oxygen atoms in total. The van der Waals surface area contributed by atoms with Crippen LogP contribution in [0.3, 0.4) is 0 Å². The number of carbonyl (C=O) groups is 1. The molecule has 0 aliphatic carbocycles. The molecule has 134 valence electrons. The van der Waals surface area contributed by atoms with Gasteiger partial charge in [-0.2, -0.15) is 5.10 Å². The Morgan fingerprint density at radius 3 is 2.73 bits per heavy atom. The number of rotatable bonds is 5. The number of benzene rings is 2. The quantitative estimate of drug-likeness (QED) is 0.707. The summed E-state index contributed by atoms with van der Waals surface area (Å²) in [6, 6.07) is 13.9. The van der Waals surface area contributed by atoms with E-state index < -0.39 is 11.5 Å². The van der Waals surface area contributed by atoms with Crippen molar-refractivity contribution in [3.63, 3.8) is 0 Å². The van der Waals surface area contributed by atoms with Crippen LogP contribution in [-0.2, 0) is 20.7 Å². The molecule has 0 bridgehead atoms. The number of carbonyl (C=O) groups excluding carboxylic acids is 1. The molecular weight excluding hydrogens is 330 g/mol. The third-order valence-electron chi connectivity index (χ3n) is 4.95. The number of ketones is 1. The molecule has 0 radical (unpaired) electrons. The van der Waals surface area contributed by atoms with Gasteiger partial charge in [0.25, 0.3) is 0 Å². The number of Topliss-reactive ketones (excluding diaryl/α,β-unsaturated/α-hetero) is 1. The van der Waals surface area contributed by atoms with Gasteiger partial charge in [0, 0.05) is 6.42 Å². The molecule has 0 saturated carbocycles. The Morgan fingerprint density at radius 2 is 1.96 bits per heavy atom. The molecule has 2 aromatic carbocycles. The molecule has 3 aromatic rings. The van der Waals surface area contributed by atoms with Crippen molar-refractivity contribution in [3.05, 3.63) is 60.7 Å². The minimum atomic E-state index is -0.695. The van der Waals surface area contributed by atoms with Gasteiger partial charge < -0.3 is 9.47 Å². The monoisotopic (exact) mass is 351 g/mol. The van der Waals surface area contributed by atoms with Crippen molar-refractivity contribution in [2.75, 3.05) is 20.0 Å². The average molecular weight is 351 g/mol. The van der Waals surface area contributed by atoms with Gasteiger partial charge in [-0.25, -0.2) is 9.67 Å². The van der Waals surface area contributed by atoms with Gasteiger partial charge in [-0.15, -0.1) is 0 Å². The molecule has 1 fully saturated rings. The normalized spacial score (nSPS) is 17.9. The predicted molar refractivity (Wildman–Crippen MR) is 96.6 cm³/mol. The summed E-state index contributed by atoms with van der Waals surface area (Å²) < 4.78 is 12.5. The summed E-state index contributed by atoms with van der Waals surface area (Å²) in [5.74, 6) is 0.0515. The summed E-state index contributed by atoms with van der Waals surface area (Å²) in [6.07, 6.45) is 3.60. The molecule has 1 aromatic heterocycles. The SMILES string of the molecule is CC1(C(=O)C(Cc2cccc3ccccc23)n2cncn2)COCOC1. The Morgan fingerprint density at radius 1 is 1.19 bits per heavy atom. The van der Waals surface area contributed by atoms with Gasteiger partial charge in [0.15, 0.2) is 5.78 Å². The Bertz CT molecular complexity index is 896. The van der Waals surface area contributed by atoms with E-state index >= 15 is 0 Å². The van der Waals surface area contributed by atoms with Gasteiger partial charge in [0.2, 0.25) is 0 Å². The molecule has 1 aliphatic heterocycles. The van der Waals surface area contributed by atoms with Crippen molar-refractivity contribution in [2.45, 2.75) is 19.4 Å². The van der Waals surface area contributed by atoms with Crippen molar-refractivity contribution in [1.29, 1.82) is 0 Å². The van der Waals surface area contributed by atoms with E-state index in [0.717, 1.165) is 16.3 Å². The van der Waals surface area contributed by atoms with Gasteiger partial charge in [-0.3, -0.25) is 4.79 Å². The Hall–Kier alpha value is -2.57. The molecule has 1 atom stereocenters. The molecule has 1 saturated heterocycles. The zero-order chi connectivity index (χ0) is 18.0. The van der Waals surface area contributed by atoms with Crippen LogP contribution in [0.5, 0.6) is 0 Å². The highest BCUT2D eigenvalue weighted by Crippen LogP contribution is 2.31. The minimum absolute atomic E-state index is 0.0515. The van der Waals surface area contributed by atoms with Crippen LogP contribution in [-0.4, -0.2) is 40.6 Å². The summed E-state index contributed by atoms with van der Waals surface area (Å²) in [4.78, 5) is 17.4. The first-order chi connectivity index (χ1) is 12.7. The zero-order valence-electron chi connectivity index (χ0n) is 14.7. The fourth-order valence-electron chi connectivity index (χ4n) is 3.54. The molecule has 26 heavy (non-hydrogen) atoms. The molecular formula is C20H21N3O3. The molecule has 1 aliphatic rings. The van der Waals surface area contributed by atoms with E-state index in [9.17, 15) is 4.79 Å². The highest BCUT2D eigenvalue weighted by Gasteiger charge is 2.41. The number of hydrogen-bond donors (Lipinski definition) is 0. The second-order valence-corrected chi connectivity index (χ2v) is 6.97. The lowest BCUT2D eigenvalue weighted by Gasteiger charge is -2.34. The summed E-state index contributed by atoms with van der Waals surface area (Å²) >= 11 is 0. The van der Waals surface area contributed by atoms with Crippen LogP contribution in [0.1, 0.15) is 18.5 Å². The van der Waals surface area contributed by atoms with Gasteiger partial charge in [0.1, 0.15) is 25.5 Å². The lowest BCUT2D eigenvalue weighted by molar-refractivity contribution is -0.174. The van der Waals surface area contributed by atoms with E-state index in [0.29, 0.717) is 19.6 Å². The lowest BCUT2D eigenvalue weighted by Crippen LogP contribution is -2.45. The van der Waals surface area contributed by atoms with Crippen LogP contribution in [0.4, 0.5) is 0 Å². The lowest BCUT2D eigenvalue weighted by atomic mass is 9.81. The van der Waals surface area contributed by atoms with Crippen molar-refractivity contribution in [2.24, 2.45) is 5.41 Å². The van der Waals surface area contributed by atoms with Crippen molar-refractivity contribution >= 4 is 16.6 Å². The molecule has 0 amide bonds. The Balaban J connectivity index is 1.71. The van der Waals surface area contributed by atoms with Crippen molar-refractivity contribution < 1.29 is 14.3 Å². The third kappa shape index (κ3) is 3.13. The summed E-state index contributed by atoms with van der Waals surface area (Å²) in [5, 5.41) is 6.55. The average Bonchev–Trinajstić information content (AvgIpc) is 3.21. The first-order valence-corrected chi connectivity index (χ1v) is 8.68. The van der Waals surface area contributed by atoms with Crippen LogP contribution >= 0.6 is 0 Å². The van der Waals surface area contributed by atoms with Gasteiger partial charge in [-0.1, -0.05) is 42.5 Å². The smallest absolute Gasteiger partial charge is 0.168 e. The van der Waals surface area contributed by atoms with Crippen LogP contribution < -0.4 is 0 Å². The topological polar surface area (TPSA) is 66.2 Å².